The summed E-state index contributed by atoms with van der Waals surface area (Å²) in [5.41, 5.74) is 2.70. The molecule has 1 aliphatic rings. The van der Waals surface area contributed by atoms with Crippen LogP contribution < -0.4 is 5.69 Å². The molecule has 0 fully saturated rings. The number of fused-ring (bicyclic) bond motifs is 2. The Balaban J connectivity index is 1.65. The van der Waals surface area contributed by atoms with E-state index in [1.807, 2.05) is 41.8 Å². The number of H-pyrrole nitrogens is 2. The highest BCUT2D eigenvalue weighted by atomic mass is 32.2. The van der Waals surface area contributed by atoms with Crippen LogP contribution in [0.1, 0.15) is 22.0 Å². The molecule has 0 saturated heterocycles. The molecule has 2 aromatic carbocycles. The summed E-state index contributed by atoms with van der Waals surface area (Å²) < 4.78 is 28.7. The Morgan fingerprint density at radius 1 is 1.00 bits per heavy atom. The third-order valence-electron chi connectivity index (χ3n) is 5.13. The fourth-order valence-electron chi connectivity index (χ4n) is 3.84. The van der Waals surface area contributed by atoms with Crippen LogP contribution in [0.5, 0.6) is 0 Å². The first-order valence-corrected chi connectivity index (χ1v) is 11.2. The number of nitrogens with one attached hydrogen (secondary N) is 2. The van der Waals surface area contributed by atoms with Crippen LogP contribution in [0.4, 0.5) is 0 Å². The summed E-state index contributed by atoms with van der Waals surface area (Å²) in [6.45, 7) is 0.414. The SMILES string of the molecule is O=c1[nH]c2ccc(S(=O)(=O)N3CCc4sccc4C3c3ccccc3)cc2[nH]1. The number of aromatic nitrogens is 2. The van der Waals surface area contributed by atoms with Gasteiger partial charge in [0.25, 0.3) is 0 Å². The van der Waals surface area contributed by atoms with Crippen molar-refractivity contribution in [2.24, 2.45) is 0 Å². The zero-order valence-electron chi connectivity index (χ0n) is 14.8. The van der Waals surface area contributed by atoms with Crippen molar-refractivity contribution in [2.45, 2.75) is 17.4 Å². The van der Waals surface area contributed by atoms with E-state index in [4.69, 9.17) is 0 Å². The minimum atomic E-state index is -3.76. The minimum Gasteiger partial charge on any atom is -0.306 e. The van der Waals surface area contributed by atoms with E-state index in [9.17, 15) is 13.2 Å². The average Bonchev–Trinajstić information content (AvgIpc) is 3.32. The summed E-state index contributed by atoms with van der Waals surface area (Å²) >= 11 is 1.67. The van der Waals surface area contributed by atoms with Crippen LogP contribution >= 0.6 is 11.3 Å². The number of rotatable bonds is 3. The first kappa shape index (κ1) is 17.4. The Labute approximate surface area is 165 Å². The molecule has 1 atom stereocenters. The van der Waals surface area contributed by atoms with Gasteiger partial charge in [-0.3, -0.25) is 0 Å². The lowest BCUT2D eigenvalue weighted by atomic mass is 9.95. The molecule has 0 bridgehead atoms. The van der Waals surface area contributed by atoms with Crippen molar-refractivity contribution in [3.8, 4) is 0 Å². The minimum absolute atomic E-state index is 0.176. The van der Waals surface area contributed by atoms with Crippen molar-refractivity contribution < 1.29 is 8.42 Å². The molecule has 1 aliphatic heterocycles. The quantitative estimate of drug-likeness (QED) is 0.543. The molecule has 0 spiro atoms. The molecular weight excluding hydrogens is 394 g/mol. The van der Waals surface area contributed by atoms with Crippen LogP contribution in [0.25, 0.3) is 11.0 Å². The van der Waals surface area contributed by atoms with Crippen LogP contribution in [-0.4, -0.2) is 29.2 Å². The van der Waals surface area contributed by atoms with Crippen LogP contribution in [-0.2, 0) is 16.4 Å². The fourth-order valence-corrected chi connectivity index (χ4v) is 6.37. The van der Waals surface area contributed by atoms with Crippen molar-refractivity contribution in [1.82, 2.24) is 14.3 Å². The van der Waals surface area contributed by atoms with E-state index in [0.717, 1.165) is 11.1 Å². The number of thiophene rings is 1. The molecule has 8 heteroatoms. The molecule has 6 nitrogen and oxygen atoms in total. The maximum absolute atomic E-state index is 13.6. The molecule has 28 heavy (non-hydrogen) atoms. The summed E-state index contributed by atoms with van der Waals surface area (Å²) in [7, 11) is -3.76. The highest BCUT2D eigenvalue weighted by Gasteiger charge is 2.38. The van der Waals surface area contributed by atoms with Crippen molar-refractivity contribution in [3.63, 3.8) is 0 Å². The highest BCUT2D eigenvalue weighted by molar-refractivity contribution is 7.89. The second kappa shape index (κ2) is 6.44. The smallest absolute Gasteiger partial charge is 0.306 e. The second-order valence-electron chi connectivity index (χ2n) is 6.76. The molecule has 2 N–H and O–H groups in total. The van der Waals surface area contributed by atoms with E-state index < -0.39 is 10.0 Å². The van der Waals surface area contributed by atoms with Crippen molar-refractivity contribution in [2.75, 3.05) is 6.54 Å². The number of sulfonamides is 1. The number of aromatic amines is 2. The standard InChI is InChI=1S/C20H17N3O3S2/c24-20-21-16-7-6-14(12-17(16)22-20)28(25,26)23-10-8-18-15(9-11-27-18)19(23)13-4-2-1-3-5-13/h1-7,9,11-12,19H,8,10H2,(H2,21,22,24). The third-order valence-corrected chi connectivity index (χ3v) is 7.99. The Bertz CT molecular complexity index is 1320. The van der Waals surface area contributed by atoms with Gasteiger partial charge in [0.1, 0.15) is 0 Å². The van der Waals surface area contributed by atoms with E-state index >= 15 is 0 Å². The summed E-state index contributed by atoms with van der Waals surface area (Å²) in [6, 6.07) is 16.1. The molecule has 1 unspecified atom stereocenters. The van der Waals surface area contributed by atoms with Gasteiger partial charge in [-0.1, -0.05) is 30.3 Å². The first-order chi connectivity index (χ1) is 13.5. The van der Waals surface area contributed by atoms with Gasteiger partial charge in [-0.25, -0.2) is 13.2 Å². The lowest BCUT2D eigenvalue weighted by molar-refractivity contribution is 0.347. The predicted molar refractivity (Wildman–Crippen MR) is 109 cm³/mol. The van der Waals surface area contributed by atoms with Crippen LogP contribution in [0.3, 0.4) is 0 Å². The molecule has 4 aromatic rings. The zero-order valence-corrected chi connectivity index (χ0v) is 16.4. The average molecular weight is 412 g/mol. The van der Waals surface area contributed by atoms with Crippen molar-refractivity contribution in [1.29, 1.82) is 0 Å². The van der Waals surface area contributed by atoms with E-state index in [1.54, 1.807) is 27.8 Å². The molecular formula is C20H17N3O3S2. The van der Waals surface area contributed by atoms with Crippen LogP contribution in [0, 0.1) is 0 Å². The van der Waals surface area contributed by atoms with E-state index in [0.29, 0.717) is 24.0 Å². The maximum atomic E-state index is 13.6. The normalized spacial score (nSPS) is 17.6. The Kier molecular flexibility index (Phi) is 4.01. The van der Waals surface area contributed by atoms with Gasteiger partial charge in [0, 0.05) is 11.4 Å². The highest BCUT2D eigenvalue weighted by Crippen LogP contribution is 2.40. The molecule has 0 radical (unpaired) electrons. The first-order valence-electron chi connectivity index (χ1n) is 8.89. The van der Waals surface area contributed by atoms with E-state index in [2.05, 4.69) is 9.97 Å². The molecule has 0 aliphatic carbocycles. The van der Waals surface area contributed by atoms with Crippen molar-refractivity contribution >= 4 is 32.4 Å². The second-order valence-corrected chi connectivity index (χ2v) is 9.66. The molecule has 0 saturated carbocycles. The van der Waals surface area contributed by atoms with Gasteiger partial charge in [0.05, 0.1) is 22.0 Å². The summed E-state index contributed by atoms with van der Waals surface area (Å²) in [6.07, 6.45) is 0.693. The van der Waals surface area contributed by atoms with Gasteiger partial charge in [-0.05, 0) is 47.2 Å². The monoisotopic (exact) mass is 411 g/mol. The topological polar surface area (TPSA) is 86.0 Å². The van der Waals surface area contributed by atoms with Gasteiger partial charge >= 0.3 is 5.69 Å². The Morgan fingerprint density at radius 3 is 2.61 bits per heavy atom. The predicted octanol–water partition coefficient (Wildman–Crippen LogP) is 3.25. The molecule has 3 heterocycles. The summed E-state index contributed by atoms with van der Waals surface area (Å²) in [5, 5.41) is 2.02. The van der Waals surface area contributed by atoms with Gasteiger partial charge in [0.15, 0.2) is 0 Å². The number of hydrogen-bond donors (Lipinski definition) is 2. The van der Waals surface area contributed by atoms with Crippen LogP contribution in [0.15, 0.2) is 69.7 Å². The number of imidazole rings is 1. The number of hydrogen-bond acceptors (Lipinski definition) is 4. The molecule has 142 valence electrons. The van der Waals surface area contributed by atoms with Crippen molar-refractivity contribution in [3.05, 3.63) is 86.5 Å². The number of nitrogens with zero attached hydrogens (tertiary/aromatic N) is 1. The van der Waals surface area contributed by atoms with E-state index in [-0.39, 0.29) is 16.6 Å². The molecule has 2 aromatic heterocycles. The largest absolute Gasteiger partial charge is 0.323 e. The van der Waals surface area contributed by atoms with E-state index in [1.165, 1.54) is 10.9 Å². The fraction of sp³-hybridized carbons (Fsp3) is 0.150. The summed E-state index contributed by atoms with van der Waals surface area (Å²) in [5.74, 6) is 0. The number of benzene rings is 2. The zero-order chi connectivity index (χ0) is 19.3. The van der Waals surface area contributed by atoms with Gasteiger partial charge in [0.2, 0.25) is 10.0 Å². The summed E-state index contributed by atoms with van der Waals surface area (Å²) in [4.78, 5) is 18.2. The van der Waals surface area contributed by atoms with Gasteiger partial charge in [-0.15, -0.1) is 11.3 Å². The molecule has 5 rings (SSSR count). The maximum Gasteiger partial charge on any atom is 0.323 e. The lowest BCUT2D eigenvalue weighted by Gasteiger charge is -2.35. The van der Waals surface area contributed by atoms with Crippen LogP contribution in [0.2, 0.25) is 0 Å². The Hall–Kier alpha value is -2.68. The van der Waals surface area contributed by atoms with Gasteiger partial charge in [-0.2, -0.15) is 4.31 Å². The lowest BCUT2D eigenvalue weighted by Crippen LogP contribution is -2.40. The molecule has 0 amide bonds. The van der Waals surface area contributed by atoms with Gasteiger partial charge < -0.3 is 9.97 Å². The third kappa shape index (κ3) is 2.72. The Morgan fingerprint density at radius 2 is 1.79 bits per heavy atom.